The van der Waals surface area contributed by atoms with Crippen LogP contribution >= 0.6 is 11.3 Å². The molecule has 0 bridgehead atoms. The number of benzene rings is 2. The Morgan fingerprint density at radius 2 is 1.82 bits per heavy atom. The zero-order valence-corrected chi connectivity index (χ0v) is 16.0. The van der Waals surface area contributed by atoms with E-state index in [1.54, 1.807) is 12.1 Å². The number of rotatable bonds is 3. The predicted molar refractivity (Wildman–Crippen MR) is 110 cm³/mol. The maximum atomic E-state index is 13.2. The van der Waals surface area contributed by atoms with Gasteiger partial charge < -0.3 is 4.90 Å². The van der Waals surface area contributed by atoms with Crippen LogP contribution in [0.2, 0.25) is 0 Å². The fraction of sp³-hybridized carbons (Fsp3) is 0.227. The maximum Gasteiger partial charge on any atom is 0.257 e. The lowest BCUT2D eigenvalue weighted by Crippen LogP contribution is -2.33. The number of hydrogen-bond donors (Lipinski definition) is 1. The van der Waals surface area contributed by atoms with E-state index in [0.717, 1.165) is 42.1 Å². The summed E-state index contributed by atoms with van der Waals surface area (Å²) >= 11 is 1.48. The molecule has 140 valence electrons. The second-order valence-corrected chi connectivity index (χ2v) is 8.19. The number of thiazole rings is 1. The monoisotopic (exact) mass is 389 g/mol. The molecule has 2 aromatic carbocycles. The standard InChI is InChI=1S/C22H19N3O2S/c26-20(15-7-2-1-3-8-15)24-22-23-19-16(10-11-18(19)28-22)21(27)25-13-12-14-6-4-5-9-17(14)25/h1-9,16H,10-13H2,(H,23,24,26)/t16-/m1/s1. The lowest BCUT2D eigenvalue weighted by molar-refractivity contribution is -0.120. The number of aromatic nitrogens is 1. The smallest absolute Gasteiger partial charge is 0.257 e. The summed E-state index contributed by atoms with van der Waals surface area (Å²) in [6.45, 7) is 0.728. The van der Waals surface area contributed by atoms with Crippen LogP contribution in [-0.4, -0.2) is 23.3 Å². The first-order valence-electron chi connectivity index (χ1n) is 9.46. The Kier molecular flexibility index (Phi) is 4.20. The number of para-hydroxylation sites is 1. The molecule has 2 amide bonds. The van der Waals surface area contributed by atoms with Gasteiger partial charge in [0.1, 0.15) is 0 Å². The number of nitrogens with one attached hydrogen (secondary N) is 1. The highest BCUT2D eigenvalue weighted by Gasteiger charge is 2.37. The Morgan fingerprint density at radius 1 is 1.04 bits per heavy atom. The molecular formula is C22H19N3O2S. The van der Waals surface area contributed by atoms with Crippen molar-refractivity contribution < 1.29 is 9.59 Å². The molecular weight excluding hydrogens is 370 g/mol. The molecule has 0 spiro atoms. The zero-order valence-electron chi connectivity index (χ0n) is 15.2. The second-order valence-electron chi connectivity index (χ2n) is 7.11. The van der Waals surface area contributed by atoms with Crippen molar-refractivity contribution >= 4 is 34.0 Å². The Hall–Kier alpha value is -2.99. The van der Waals surface area contributed by atoms with Crippen molar-refractivity contribution in [3.63, 3.8) is 0 Å². The molecule has 0 fully saturated rings. The molecule has 5 nitrogen and oxygen atoms in total. The maximum absolute atomic E-state index is 13.2. The number of aryl methyl sites for hydroxylation is 1. The summed E-state index contributed by atoms with van der Waals surface area (Å²) in [6, 6.07) is 17.2. The van der Waals surface area contributed by atoms with E-state index in [1.165, 1.54) is 16.9 Å². The average molecular weight is 389 g/mol. The minimum Gasteiger partial charge on any atom is -0.311 e. The van der Waals surface area contributed by atoms with E-state index in [2.05, 4.69) is 16.4 Å². The SMILES string of the molecule is O=C(Nc1nc2c(s1)CC[C@H]2C(=O)N1CCc2ccccc21)c1ccccc1. The Labute approximate surface area is 167 Å². The number of amides is 2. The number of anilines is 2. The Morgan fingerprint density at radius 3 is 2.68 bits per heavy atom. The number of carbonyl (C=O) groups excluding carboxylic acids is 2. The highest BCUT2D eigenvalue weighted by Crippen LogP contribution is 2.41. The van der Waals surface area contributed by atoms with Crippen LogP contribution in [0.1, 0.15) is 38.8 Å². The van der Waals surface area contributed by atoms with E-state index in [4.69, 9.17) is 0 Å². The molecule has 5 rings (SSSR count). The summed E-state index contributed by atoms with van der Waals surface area (Å²) in [4.78, 5) is 33.2. The van der Waals surface area contributed by atoms with E-state index >= 15 is 0 Å². The van der Waals surface area contributed by atoms with Gasteiger partial charge in [0, 0.05) is 22.7 Å². The lowest BCUT2D eigenvalue weighted by atomic mass is 10.1. The summed E-state index contributed by atoms with van der Waals surface area (Å²) in [5.41, 5.74) is 3.68. The van der Waals surface area contributed by atoms with Gasteiger partial charge in [0.2, 0.25) is 5.91 Å². The summed E-state index contributed by atoms with van der Waals surface area (Å²) in [5.74, 6) is -0.279. The minimum absolute atomic E-state index is 0.120. The molecule has 1 N–H and O–H groups in total. The highest BCUT2D eigenvalue weighted by atomic mass is 32.1. The number of hydrogen-bond acceptors (Lipinski definition) is 4. The van der Waals surface area contributed by atoms with Crippen molar-refractivity contribution in [2.45, 2.75) is 25.2 Å². The van der Waals surface area contributed by atoms with Crippen molar-refractivity contribution in [2.75, 3.05) is 16.8 Å². The molecule has 0 unspecified atom stereocenters. The van der Waals surface area contributed by atoms with E-state index in [9.17, 15) is 9.59 Å². The van der Waals surface area contributed by atoms with Crippen molar-refractivity contribution in [3.8, 4) is 0 Å². The fourth-order valence-corrected chi connectivity index (χ4v) is 5.07. The largest absolute Gasteiger partial charge is 0.311 e. The topological polar surface area (TPSA) is 62.3 Å². The Balaban J connectivity index is 1.36. The minimum atomic E-state index is -0.222. The molecule has 0 radical (unpaired) electrons. The van der Waals surface area contributed by atoms with Gasteiger partial charge in [-0.1, -0.05) is 36.4 Å². The first-order chi connectivity index (χ1) is 13.7. The van der Waals surface area contributed by atoms with Crippen molar-refractivity contribution in [1.82, 2.24) is 4.98 Å². The summed E-state index contributed by atoms with van der Waals surface area (Å²) in [7, 11) is 0. The van der Waals surface area contributed by atoms with Crippen LogP contribution in [0, 0.1) is 0 Å². The molecule has 1 aliphatic heterocycles. The van der Waals surface area contributed by atoms with E-state index in [0.29, 0.717) is 10.7 Å². The normalized spacial score (nSPS) is 17.3. The van der Waals surface area contributed by atoms with Gasteiger partial charge in [-0.2, -0.15) is 0 Å². The number of carbonyl (C=O) groups is 2. The first-order valence-corrected chi connectivity index (χ1v) is 10.3. The summed E-state index contributed by atoms with van der Waals surface area (Å²) < 4.78 is 0. The molecule has 1 aliphatic carbocycles. The molecule has 28 heavy (non-hydrogen) atoms. The van der Waals surface area contributed by atoms with Gasteiger partial charge in [0.25, 0.3) is 5.91 Å². The van der Waals surface area contributed by atoms with E-state index in [-0.39, 0.29) is 17.7 Å². The van der Waals surface area contributed by atoms with Crippen LogP contribution < -0.4 is 10.2 Å². The molecule has 3 aromatic rings. The quantitative estimate of drug-likeness (QED) is 0.736. The molecule has 0 saturated carbocycles. The van der Waals surface area contributed by atoms with Crippen LogP contribution in [0.25, 0.3) is 0 Å². The van der Waals surface area contributed by atoms with Gasteiger partial charge in [-0.15, -0.1) is 11.3 Å². The van der Waals surface area contributed by atoms with Crippen LogP contribution in [0.4, 0.5) is 10.8 Å². The van der Waals surface area contributed by atoms with Gasteiger partial charge in [0.05, 0.1) is 11.6 Å². The molecule has 2 aliphatic rings. The first kappa shape index (κ1) is 17.1. The summed E-state index contributed by atoms with van der Waals surface area (Å²) in [6.07, 6.45) is 2.52. The predicted octanol–water partition coefficient (Wildman–Crippen LogP) is 4.01. The van der Waals surface area contributed by atoms with Gasteiger partial charge in [0.15, 0.2) is 5.13 Å². The van der Waals surface area contributed by atoms with Crippen molar-refractivity contribution in [2.24, 2.45) is 0 Å². The third-order valence-electron chi connectivity index (χ3n) is 5.43. The van der Waals surface area contributed by atoms with Crippen molar-refractivity contribution in [3.05, 3.63) is 76.3 Å². The molecule has 1 aromatic heterocycles. The van der Waals surface area contributed by atoms with Gasteiger partial charge in [-0.3, -0.25) is 14.9 Å². The van der Waals surface area contributed by atoms with E-state index < -0.39 is 0 Å². The van der Waals surface area contributed by atoms with E-state index in [1.807, 2.05) is 41.3 Å². The van der Waals surface area contributed by atoms with Crippen LogP contribution in [-0.2, 0) is 17.6 Å². The second kappa shape index (κ2) is 6.87. The van der Waals surface area contributed by atoms with Gasteiger partial charge in [-0.25, -0.2) is 4.98 Å². The third-order valence-corrected chi connectivity index (χ3v) is 6.47. The number of nitrogens with zero attached hydrogens (tertiary/aromatic N) is 2. The fourth-order valence-electron chi connectivity index (χ4n) is 4.04. The van der Waals surface area contributed by atoms with Crippen LogP contribution in [0.3, 0.4) is 0 Å². The molecule has 2 heterocycles. The summed E-state index contributed by atoms with van der Waals surface area (Å²) in [5, 5.41) is 3.44. The average Bonchev–Trinajstić information content (AvgIpc) is 3.42. The Bertz CT molecular complexity index is 1060. The van der Waals surface area contributed by atoms with Gasteiger partial charge >= 0.3 is 0 Å². The zero-order chi connectivity index (χ0) is 19.1. The van der Waals surface area contributed by atoms with Crippen LogP contribution in [0.5, 0.6) is 0 Å². The van der Waals surface area contributed by atoms with Gasteiger partial charge in [-0.05, 0) is 43.0 Å². The third kappa shape index (κ3) is 2.90. The molecule has 0 saturated heterocycles. The number of fused-ring (bicyclic) bond motifs is 2. The molecule has 6 heteroatoms. The van der Waals surface area contributed by atoms with Crippen LogP contribution in [0.15, 0.2) is 54.6 Å². The van der Waals surface area contributed by atoms with Crippen molar-refractivity contribution in [1.29, 1.82) is 0 Å². The molecule has 1 atom stereocenters. The highest BCUT2D eigenvalue weighted by molar-refractivity contribution is 7.16. The lowest BCUT2D eigenvalue weighted by Gasteiger charge is -2.21.